The molecule has 5 rings (SSSR count). The molecule has 0 aliphatic carbocycles. The molecule has 0 fully saturated rings. The molecule has 0 aliphatic heterocycles. The number of benzene rings is 3. The van der Waals surface area contributed by atoms with Crippen molar-refractivity contribution in [3.05, 3.63) is 101 Å². The van der Waals surface area contributed by atoms with Crippen molar-refractivity contribution in [2.75, 3.05) is 5.32 Å². The smallest absolute Gasteiger partial charge is 0.291 e. The highest BCUT2D eigenvalue weighted by molar-refractivity contribution is 6.03. The second-order valence-electron chi connectivity index (χ2n) is 6.99. The number of carbonyl (C=O) groups is 1. The number of oxazole rings is 1. The lowest BCUT2D eigenvalue weighted by Gasteiger charge is -2.02. The third-order valence-electron chi connectivity index (χ3n) is 4.84. The second kappa shape index (κ2) is 7.84. The molecule has 5 aromatic rings. The van der Waals surface area contributed by atoms with Gasteiger partial charge in [-0.2, -0.15) is 0 Å². The molecule has 2 aromatic heterocycles. The number of furan rings is 1. The van der Waals surface area contributed by atoms with Crippen molar-refractivity contribution in [1.82, 2.24) is 4.98 Å². The molecule has 0 spiro atoms. The molecule has 1 N–H and O–H groups in total. The number of aromatic nitrogens is 1. The summed E-state index contributed by atoms with van der Waals surface area (Å²) < 4.78 is 11.4. The number of nitro benzene ring substituents is 1. The van der Waals surface area contributed by atoms with Crippen molar-refractivity contribution < 1.29 is 18.6 Å². The lowest BCUT2D eigenvalue weighted by atomic mass is 10.1. The Morgan fingerprint density at radius 3 is 2.50 bits per heavy atom. The molecule has 0 saturated carbocycles. The average Bonchev–Trinajstić information content (AvgIpc) is 3.47. The first-order chi connectivity index (χ1) is 15.6. The first-order valence-electron chi connectivity index (χ1n) is 9.69. The highest BCUT2D eigenvalue weighted by Gasteiger charge is 2.15. The number of nitrogens with zero attached hydrogens (tertiary/aromatic N) is 2. The predicted octanol–water partition coefficient (Wildman–Crippen LogP) is 5.92. The van der Waals surface area contributed by atoms with Gasteiger partial charge in [-0.15, -0.1) is 0 Å². The number of carbonyl (C=O) groups excluding carboxylic acids is 1. The number of nitro groups is 1. The van der Waals surface area contributed by atoms with Crippen LogP contribution in [0.25, 0.3) is 33.9 Å². The molecule has 8 heteroatoms. The molecule has 0 atom stereocenters. The number of amides is 1. The van der Waals surface area contributed by atoms with E-state index in [2.05, 4.69) is 10.3 Å². The van der Waals surface area contributed by atoms with Crippen molar-refractivity contribution in [3.8, 4) is 22.8 Å². The minimum atomic E-state index is -0.483. The van der Waals surface area contributed by atoms with Crippen LogP contribution in [0.3, 0.4) is 0 Å². The van der Waals surface area contributed by atoms with Gasteiger partial charge >= 0.3 is 0 Å². The fourth-order valence-corrected chi connectivity index (χ4v) is 3.29. The average molecular weight is 425 g/mol. The lowest BCUT2D eigenvalue weighted by Crippen LogP contribution is -2.10. The van der Waals surface area contributed by atoms with Crippen LogP contribution < -0.4 is 5.32 Å². The highest BCUT2D eigenvalue weighted by Crippen LogP contribution is 2.28. The van der Waals surface area contributed by atoms with Gasteiger partial charge in [-0.1, -0.05) is 30.3 Å². The largest absolute Gasteiger partial charge is 0.451 e. The van der Waals surface area contributed by atoms with E-state index < -0.39 is 10.8 Å². The summed E-state index contributed by atoms with van der Waals surface area (Å²) >= 11 is 0. The molecule has 0 unspecified atom stereocenters. The Hall–Kier alpha value is -4.72. The fourth-order valence-electron chi connectivity index (χ4n) is 3.29. The Labute approximate surface area is 181 Å². The van der Waals surface area contributed by atoms with Crippen molar-refractivity contribution in [2.45, 2.75) is 0 Å². The van der Waals surface area contributed by atoms with Crippen LogP contribution in [-0.4, -0.2) is 15.8 Å². The number of hydrogen-bond donors (Lipinski definition) is 1. The topological polar surface area (TPSA) is 111 Å². The summed E-state index contributed by atoms with van der Waals surface area (Å²) in [6, 6.07) is 23.8. The normalized spacial score (nSPS) is 10.9. The Morgan fingerprint density at radius 1 is 0.875 bits per heavy atom. The molecule has 8 nitrogen and oxygen atoms in total. The molecule has 0 radical (unpaired) electrons. The zero-order valence-electron chi connectivity index (χ0n) is 16.5. The minimum Gasteiger partial charge on any atom is -0.451 e. The zero-order chi connectivity index (χ0) is 22.1. The summed E-state index contributed by atoms with van der Waals surface area (Å²) in [7, 11) is 0. The number of non-ortho nitro benzene ring substituents is 1. The first-order valence-corrected chi connectivity index (χ1v) is 9.69. The Morgan fingerprint density at radius 2 is 1.69 bits per heavy atom. The van der Waals surface area contributed by atoms with Gasteiger partial charge in [0.25, 0.3) is 11.6 Å². The summed E-state index contributed by atoms with van der Waals surface area (Å²) in [5, 5.41) is 13.7. The fraction of sp³-hybridized carbons (Fsp3) is 0. The maximum absolute atomic E-state index is 12.6. The molecule has 2 heterocycles. The molecule has 0 saturated heterocycles. The van der Waals surface area contributed by atoms with Crippen molar-refractivity contribution in [3.63, 3.8) is 0 Å². The molecule has 156 valence electrons. The van der Waals surface area contributed by atoms with Crippen LogP contribution in [0.2, 0.25) is 0 Å². The van der Waals surface area contributed by atoms with Crippen LogP contribution in [-0.2, 0) is 0 Å². The van der Waals surface area contributed by atoms with Gasteiger partial charge < -0.3 is 14.2 Å². The van der Waals surface area contributed by atoms with E-state index in [1.165, 1.54) is 18.2 Å². The number of fused-ring (bicyclic) bond motifs is 1. The Balaban J connectivity index is 1.36. The van der Waals surface area contributed by atoms with Crippen LogP contribution in [0, 0.1) is 10.1 Å². The SMILES string of the molecule is O=C(Nc1ccc2oc(-c3ccccc3)nc2c1)c1ccc(-c2cccc([N+](=O)[O-])c2)o1. The molecule has 0 bridgehead atoms. The highest BCUT2D eigenvalue weighted by atomic mass is 16.6. The Kier molecular flexibility index (Phi) is 4.72. The quantitative estimate of drug-likeness (QED) is 0.276. The molecule has 3 aromatic carbocycles. The van der Waals surface area contributed by atoms with Gasteiger partial charge in [0, 0.05) is 28.9 Å². The van der Waals surface area contributed by atoms with Crippen molar-refractivity contribution in [2.24, 2.45) is 0 Å². The van der Waals surface area contributed by atoms with E-state index in [0.717, 1.165) is 5.56 Å². The van der Waals surface area contributed by atoms with Gasteiger partial charge in [-0.05, 0) is 42.5 Å². The van der Waals surface area contributed by atoms with Crippen LogP contribution in [0.1, 0.15) is 10.6 Å². The van der Waals surface area contributed by atoms with E-state index in [0.29, 0.717) is 34.0 Å². The minimum absolute atomic E-state index is 0.0549. The summed E-state index contributed by atoms with van der Waals surface area (Å²) in [6.45, 7) is 0. The maximum atomic E-state index is 12.6. The summed E-state index contributed by atoms with van der Waals surface area (Å²) in [4.78, 5) is 27.6. The molecule has 1 amide bonds. The summed E-state index contributed by atoms with van der Waals surface area (Å²) in [5.41, 5.74) is 3.06. The molecule has 0 aliphatic rings. The molecule has 32 heavy (non-hydrogen) atoms. The maximum Gasteiger partial charge on any atom is 0.291 e. The molecular formula is C24H15N3O5. The standard InChI is InChI=1S/C24H15N3O5/c28-23(22-12-11-20(31-22)16-7-4-8-18(13-16)27(29)30)25-17-9-10-21-19(14-17)26-24(32-21)15-5-2-1-3-6-15/h1-14H,(H,25,28). The predicted molar refractivity (Wildman–Crippen MR) is 118 cm³/mol. The van der Waals surface area contributed by atoms with Crippen molar-refractivity contribution in [1.29, 1.82) is 0 Å². The van der Waals surface area contributed by atoms with Gasteiger partial charge in [-0.3, -0.25) is 14.9 Å². The van der Waals surface area contributed by atoms with Gasteiger partial charge in [-0.25, -0.2) is 4.98 Å². The lowest BCUT2D eigenvalue weighted by molar-refractivity contribution is -0.384. The van der Waals surface area contributed by atoms with Crippen LogP contribution >= 0.6 is 0 Å². The Bertz CT molecular complexity index is 1450. The zero-order valence-corrected chi connectivity index (χ0v) is 16.5. The van der Waals surface area contributed by atoms with Crippen LogP contribution in [0.5, 0.6) is 0 Å². The van der Waals surface area contributed by atoms with Gasteiger partial charge in [0.1, 0.15) is 11.3 Å². The number of anilines is 1. The summed E-state index contributed by atoms with van der Waals surface area (Å²) in [5.74, 6) is 0.486. The first kappa shape index (κ1) is 19.3. The van der Waals surface area contributed by atoms with E-state index in [1.807, 2.05) is 30.3 Å². The van der Waals surface area contributed by atoms with E-state index in [-0.39, 0.29) is 11.4 Å². The number of hydrogen-bond acceptors (Lipinski definition) is 6. The number of rotatable bonds is 5. The monoisotopic (exact) mass is 425 g/mol. The summed E-state index contributed by atoms with van der Waals surface area (Å²) in [6.07, 6.45) is 0. The van der Waals surface area contributed by atoms with Gasteiger partial charge in [0.05, 0.1) is 4.92 Å². The van der Waals surface area contributed by atoms with E-state index >= 15 is 0 Å². The van der Waals surface area contributed by atoms with Gasteiger partial charge in [0.15, 0.2) is 11.3 Å². The second-order valence-corrected chi connectivity index (χ2v) is 6.99. The van der Waals surface area contributed by atoms with E-state index in [4.69, 9.17) is 8.83 Å². The van der Waals surface area contributed by atoms with Gasteiger partial charge in [0.2, 0.25) is 5.89 Å². The van der Waals surface area contributed by atoms with Crippen molar-refractivity contribution >= 4 is 28.4 Å². The third kappa shape index (κ3) is 3.72. The van der Waals surface area contributed by atoms with E-state index in [9.17, 15) is 14.9 Å². The third-order valence-corrected chi connectivity index (χ3v) is 4.84. The number of nitrogens with one attached hydrogen (secondary N) is 1. The molecular weight excluding hydrogens is 410 g/mol. The van der Waals surface area contributed by atoms with Crippen LogP contribution in [0.15, 0.2) is 93.8 Å². The van der Waals surface area contributed by atoms with Crippen LogP contribution in [0.4, 0.5) is 11.4 Å². The van der Waals surface area contributed by atoms with E-state index in [1.54, 1.807) is 36.4 Å².